The number of carboxylic acid groups (broad SMARTS) is 1. The molecule has 10 nitrogen and oxygen atoms in total. The van der Waals surface area contributed by atoms with Gasteiger partial charge in [0.15, 0.2) is 5.84 Å². The summed E-state index contributed by atoms with van der Waals surface area (Å²) in [6.45, 7) is 5.63. The number of amidine groups is 1. The summed E-state index contributed by atoms with van der Waals surface area (Å²) in [6.07, 6.45) is -0.513. The Hall–Kier alpha value is -4.73. The van der Waals surface area contributed by atoms with Crippen LogP contribution >= 0.6 is 0 Å². The lowest BCUT2D eigenvalue weighted by Crippen LogP contribution is -2.32. The van der Waals surface area contributed by atoms with Crippen LogP contribution in [0.15, 0.2) is 71.9 Å². The predicted octanol–water partition coefficient (Wildman–Crippen LogP) is 5.09. The summed E-state index contributed by atoms with van der Waals surface area (Å²) in [5, 5.41) is 23.9. The molecule has 3 aromatic carbocycles. The van der Waals surface area contributed by atoms with Gasteiger partial charge in [0.1, 0.15) is 28.6 Å². The Kier molecular flexibility index (Phi) is 8.00. The normalized spacial score (nSPS) is 11.5. The number of hydrogen-bond donors (Lipinski definition) is 4. The first kappa shape index (κ1) is 25.9. The van der Waals surface area contributed by atoms with E-state index < -0.39 is 17.7 Å². The summed E-state index contributed by atoms with van der Waals surface area (Å²) < 4.78 is 16.8. The highest BCUT2D eigenvalue weighted by atomic mass is 16.6. The molecule has 188 valence electrons. The molecule has 0 saturated heterocycles. The molecular weight excluding hydrogens is 466 g/mol. The number of benzene rings is 3. The maximum atomic E-state index is 11.8. The Balaban J connectivity index is 1.70. The lowest BCUT2D eigenvalue weighted by atomic mass is 10.2. The molecule has 3 rings (SSSR count). The highest BCUT2D eigenvalue weighted by Gasteiger charge is 2.16. The molecule has 0 aliphatic heterocycles. The minimum absolute atomic E-state index is 0.0195. The number of amides is 1. The van der Waals surface area contributed by atoms with E-state index in [9.17, 15) is 14.7 Å². The van der Waals surface area contributed by atoms with Crippen molar-refractivity contribution in [3.8, 4) is 23.0 Å². The van der Waals surface area contributed by atoms with Crippen molar-refractivity contribution in [3.63, 3.8) is 0 Å². The smallest absolute Gasteiger partial charge is 0.407 e. The highest BCUT2D eigenvalue weighted by Crippen LogP contribution is 2.31. The number of aromatic carboxylic acids is 1. The van der Waals surface area contributed by atoms with Crippen LogP contribution in [0.3, 0.4) is 0 Å². The van der Waals surface area contributed by atoms with Gasteiger partial charge in [-0.2, -0.15) is 0 Å². The van der Waals surface area contributed by atoms with Crippen molar-refractivity contribution in [3.05, 3.63) is 83.4 Å². The maximum Gasteiger partial charge on any atom is 0.407 e. The minimum atomic E-state index is -1.14. The van der Waals surface area contributed by atoms with Gasteiger partial charge in [-0.15, -0.1) is 0 Å². The summed E-state index contributed by atoms with van der Waals surface area (Å²) in [6, 6.07) is 17.7. The van der Waals surface area contributed by atoms with E-state index in [2.05, 4.69) is 10.5 Å². The number of carbonyl (C=O) groups excluding carboxylic acids is 1. The number of oxime groups is 1. The molecule has 0 bridgehead atoms. The largest absolute Gasteiger partial charge is 0.478 e. The van der Waals surface area contributed by atoms with E-state index in [1.54, 1.807) is 75.4 Å². The summed E-state index contributed by atoms with van der Waals surface area (Å²) in [4.78, 5) is 23.4. The van der Waals surface area contributed by atoms with Gasteiger partial charge in [0.25, 0.3) is 0 Å². The zero-order valence-electron chi connectivity index (χ0n) is 20.0. The molecule has 0 fully saturated rings. The van der Waals surface area contributed by atoms with Crippen LogP contribution in [0.1, 0.15) is 42.3 Å². The molecule has 0 unspecified atom stereocenters. The lowest BCUT2D eigenvalue weighted by Gasteiger charge is -2.19. The van der Waals surface area contributed by atoms with Crippen molar-refractivity contribution in [1.82, 2.24) is 5.32 Å². The minimum Gasteiger partial charge on any atom is -0.478 e. The van der Waals surface area contributed by atoms with Crippen LogP contribution in [0, 0.1) is 0 Å². The van der Waals surface area contributed by atoms with Crippen molar-refractivity contribution >= 4 is 17.9 Å². The third kappa shape index (κ3) is 7.66. The van der Waals surface area contributed by atoms with E-state index in [-0.39, 0.29) is 29.4 Å². The van der Waals surface area contributed by atoms with Gasteiger partial charge in [0, 0.05) is 18.2 Å². The molecule has 3 aromatic rings. The van der Waals surface area contributed by atoms with Gasteiger partial charge in [-0.1, -0.05) is 17.3 Å². The summed E-state index contributed by atoms with van der Waals surface area (Å²) in [5.41, 5.74) is 6.28. The van der Waals surface area contributed by atoms with Crippen LogP contribution in [0.25, 0.3) is 0 Å². The van der Waals surface area contributed by atoms with Crippen molar-refractivity contribution < 1.29 is 34.1 Å². The number of nitrogens with zero attached hydrogens (tertiary/aromatic N) is 1. The second-order valence-corrected chi connectivity index (χ2v) is 8.71. The third-order valence-electron chi connectivity index (χ3n) is 4.62. The van der Waals surface area contributed by atoms with E-state index in [1.807, 2.05) is 0 Å². The van der Waals surface area contributed by atoms with Gasteiger partial charge < -0.3 is 35.6 Å². The number of carboxylic acids is 1. The fourth-order valence-corrected chi connectivity index (χ4v) is 3.00. The first-order valence-corrected chi connectivity index (χ1v) is 10.9. The van der Waals surface area contributed by atoms with Gasteiger partial charge in [-0.3, -0.25) is 0 Å². The first-order chi connectivity index (χ1) is 17.0. The van der Waals surface area contributed by atoms with Crippen LogP contribution in [-0.4, -0.2) is 33.8 Å². The van der Waals surface area contributed by atoms with Gasteiger partial charge in [0.05, 0.1) is 5.56 Å². The Morgan fingerprint density at radius 3 is 1.86 bits per heavy atom. The van der Waals surface area contributed by atoms with Gasteiger partial charge in [-0.05, 0) is 74.9 Å². The monoisotopic (exact) mass is 493 g/mol. The molecule has 0 aliphatic carbocycles. The topological polar surface area (TPSA) is 153 Å². The average Bonchev–Trinajstić information content (AvgIpc) is 2.82. The summed E-state index contributed by atoms with van der Waals surface area (Å²) in [7, 11) is 0. The Labute approximate surface area is 207 Å². The highest BCUT2D eigenvalue weighted by molar-refractivity contribution is 5.97. The number of alkyl carbamates (subject to hydrolysis) is 1. The fraction of sp³-hybridized carbons (Fsp3) is 0.192. The van der Waals surface area contributed by atoms with Crippen molar-refractivity contribution in [2.75, 3.05) is 0 Å². The Morgan fingerprint density at radius 2 is 1.39 bits per heavy atom. The van der Waals surface area contributed by atoms with Gasteiger partial charge in [-0.25, -0.2) is 9.59 Å². The number of hydrogen-bond acceptors (Lipinski definition) is 7. The molecule has 10 heteroatoms. The lowest BCUT2D eigenvalue weighted by molar-refractivity contribution is 0.0523. The molecule has 0 radical (unpaired) electrons. The van der Waals surface area contributed by atoms with Gasteiger partial charge in [0.2, 0.25) is 0 Å². The quantitative estimate of drug-likeness (QED) is 0.147. The second-order valence-electron chi connectivity index (χ2n) is 8.71. The summed E-state index contributed by atoms with van der Waals surface area (Å²) in [5.74, 6) is 0.206. The molecular formula is C26H27N3O7. The van der Waals surface area contributed by atoms with E-state index in [0.717, 1.165) is 5.56 Å². The van der Waals surface area contributed by atoms with E-state index in [4.69, 9.17) is 25.2 Å². The molecule has 5 N–H and O–H groups in total. The van der Waals surface area contributed by atoms with Crippen molar-refractivity contribution in [1.29, 1.82) is 0 Å². The fourth-order valence-electron chi connectivity index (χ4n) is 3.00. The van der Waals surface area contributed by atoms with Crippen molar-refractivity contribution in [2.24, 2.45) is 10.9 Å². The van der Waals surface area contributed by atoms with E-state index in [1.165, 1.54) is 12.1 Å². The molecule has 36 heavy (non-hydrogen) atoms. The maximum absolute atomic E-state index is 11.8. The number of ether oxygens (including phenoxy) is 3. The Morgan fingerprint density at radius 1 is 0.861 bits per heavy atom. The number of carbonyl (C=O) groups is 2. The van der Waals surface area contributed by atoms with Crippen molar-refractivity contribution in [2.45, 2.75) is 32.9 Å². The van der Waals surface area contributed by atoms with Crippen LogP contribution in [0.4, 0.5) is 4.79 Å². The SMILES string of the molecule is CC(C)(C)OC(=O)NCc1ccc(Oc2cc(Oc3ccc(C(N)=NO)cc3)cc(C(=O)O)c2)cc1. The predicted molar refractivity (Wildman–Crippen MR) is 132 cm³/mol. The van der Waals surface area contributed by atoms with Crippen LogP contribution in [-0.2, 0) is 11.3 Å². The third-order valence-corrected chi connectivity index (χ3v) is 4.62. The van der Waals surface area contributed by atoms with E-state index >= 15 is 0 Å². The van der Waals surface area contributed by atoms with Crippen LogP contribution < -0.4 is 20.5 Å². The second kappa shape index (κ2) is 11.1. The zero-order valence-corrected chi connectivity index (χ0v) is 20.0. The Bertz CT molecular complexity index is 1250. The number of nitrogens with two attached hydrogens (primary N) is 1. The molecule has 0 aromatic heterocycles. The molecule has 0 heterocycles. The number of nitrogens with one attached hydrogen (secondary N) is 1. The molecule has 0 spiro atoms. The first-order valence-electron chi connectivity index (χ1n) is 10.9. The average molecular weight is 494 g/mol. The van der Waals surface area contributed by atoms with Crippen LogP contribution in [0.5, 0.6) is 23.0 Å². The standard InChI is InChI=1S/C26H27N3O7/c1-26(2,3)36-25(32)28-15-16-4-8-19(9-5-16)34-21-12-18(24(30)31)13-22(14-21)35-20-10-6-17(7-11-20)23(27)29-33/h4-14,33H,15H2,1-3H3,(H2,27,29)(H,28,32)(H,30,31). The molecule has 0 atom stereocenters. The molecule has 1 amide bonds. The molecule has 0 aliphatic rings. The number of rotatable bonds is 8. The zero-order chi connectivity index (χ0) is 26.3. The van der Waals surface area contributed by atoms with Gasteiger partial charge >= 0.3 is 12.1 Å². The molecule has 0 saturated carbocycles. The van der Waals surface area contributed by atoms with Crippen LogP contribution in [0.2, 0.25) is 0 Å². The summed E-state index contributed by atoms with van der Waals surface area (Å²) >= 11 is 0. The van der Waals surface area contributed by atoms with E-state index in [0.29, 0.717) is 17.1 Å².